The third-order valence-electron chi connectivity index (χ3n) is 4.43. The number of nitrogens with one attached hydrogen (secondary N) is 1. The Labute approximate surface area is 197 Å². The van der Waals surface area contributed by atoms with Gasteiger partial charge in [0.15, 0.2) is 10.8 Å². The number of hydrogen-bond donors (Lipinski definition) is 2. The molecule has 32 heavy (non-hydrogen) atoms. The van der Waals surface area contributed by atoms with Crippen molar-refractivity contribution in [3.05, 3.63) is 93.3 Å². The average Bonchev–Trinajstić information content (AvgIpc) is 3.23. The molecule has 2 aromatic heterocycles. The van der Waals surface area contributed by atoms with Crippen molar-refractivity contribution in [1.29, 1.82) is 0 Å². The maximum atomic E-state index is 11.3. The highest BCUT2D eigenvalue weighted by atomic mass is 35.5. The number of carboxylic acid groups (broad SMARTS) is 1. The van der Waals surface area contributed by atoms with Crippen LogP contribution >= 0.6 is 34.8 Å². The molecule has 2 N–H and O–H groups in total. The molecule has 0 aliphatic heterocycles. The van der Waals surface area contributed by atoms with Crippen LogP contribution < -0.4 is 5.43 Å². The first-order valence-electron chi connectivity index (χ1n) is 9.23. The lowest BCUT2D eigenvalue weighted by molar-refractivity contribution is 0.0691. The Morgan fingerprint density at radius 3 is 2.31 bits per heavy atom. The van der Waals surface area contributed by atoms with Gasteiger partial charge >= 0.3 is 5.97 Å². The van der Waals surface area contributed by atoms with Crippen LogP contribution in [0.1, 0.15) is 16.1 Å². The van der Waals surface area contributed by atoms with Crippen molar-refractivity contribution in [2.75, 3.05) is 5.43 Å². The van der Waals surface area contributed by atoms with Gasteiger partial charge in [-0.1, -0.05) is 83.3 Å². The Morgan fingerprint density at radius 2 is 1.66 bits per heavy atom. The van der Waals surface area contributed by atoms with Gasteiger partial charge in [-0.25, -0.2) is 14.5 Å². The van der Waals surface area contributed by atoms with Crippen molar-refractivity contribution < 1.29 is 9.90 Å². The minimum Gasteiger partial charge on any atom is -0.476 e. The third-order valence-corrected chi connectivity index (χ3v) is 5.54. The molecule has 0 fully saturated rings. The minimum absolute atomic E-state index is 0.0397. The molecule has 2 heterocycles. The number of hydrazone groups is 1. The Hall–Kier alpha value is -3.39. The molecule has 0 amide bonds. The first-order valence-corrected chi connectivity index (χ1v) is 10.4. The summed E-state index contributed by atoms with van der Waals surface area (Å²) >= 11 is 18.2. The van der Waals surface area contributed by atoms with Crippen molar-refractivity contribution in [1.82, 2.24) is 14.8 Å². The monoisotopic (exact) mass is 485 g/mol. The molecule has 10 heteroatoms. The molecule has 160 valence electrons. The van der Waals surface area contributed by atoms with Crippen LogP contribution in [0.25, 0.3) is 16.9 Å². The lowest BCUT2D eigenvalue weighted by Crippen LogP contribution is -2.05. The Morgan fingerprint density at radius 1 is 1.00 bits per heavy atom. The first-order chi connectivity index (χ1) is 15.5. The lowest BCUT2D eigenvalue weighted by atomic mass is 10.1. The summed E-state index contributed by atoms with van der Waals surface area (Å²) in [6, 6.07) is 19.3. The number of benzene rings is 2. The SMILES string of the molecule is O=C(O)c1nc(Cl)c(Cl)c(NN=Cc2cn(-c3ccccc3)nc2-c2ccccc2)c1Cl. The van der Waals surface area contributed by atoms with Gasteiger partial charge in [-0.15, -0.1) is 0 Å². The molecule has 4 rings (SSSR count). The summed E-state index contributed by atoms with van der Waals surface area (Å²) < 4.78 is 1.75. The summed E-state index contributed by atoms with van der Waals surface area (Å²) in [6.07, 6.45) is 3.37. The van der Waals surface area contributed by atoms with Crippen molar-refractivity contribution in [2.45, 2.75) is 0 Å². The van der Waals surface area contributed by atoms with E-state index in [1.165, 1.54) is 6.21 Å². The summed E-state index contributed by atoms with van der Waals surface area (Å²) in [5.41, 5.74) is 5.48. The van der Waals surface area contributed by atoms with Gasteiger partial charge in [-0.3, -0.25) is 5.43 Å². The second kappa shape index (κ2) is 9.40. The fourth-order valence-electron chi connectivity index (χ4n) is 2.94. The largest absolute Gasteiger partial charge is 0.476 e. The van der Waals surface area contributed by atoms with Crippen molar-refractivity contribution in [3.63, 3.8) is 0 Å². The second-order valence-corrected chi connectivity index (χ2v) is 7.62. The van der Waals surface area contributed by atoms with Gasteiger partial charge in [0.25, 0.3) is 0 Å². The van der Waals surface area contributed by atoms with Crippen LogP contribution in [0.2, 0.25) is 15.2 Å². The van der Waals surface area contributed by atoms with Gasteiger partial charge in [0.1, 0.15) is 15.7 Å². The van der Waals surface area contributed by atoms with E-state index in [0.29, 0.717) is 11.3 Å². The highest BCUT2D eigenvalue weighted by Gasteiger charge is 2.20. The smallest absolute Gasteiger partial charge is 0.356 e. The maximum absolute atomic E-state index is 11.3. The standard InChI is InChI=1S/C22H14Cl3N5O2/c23-16-19(17(24)21(25)27-20(16)22(31)32)28-26-11-14-12-30(15-9-5-2-6-10-15)29-18(14)13-7-3-1-4-8-13/h1-12H,(H,27,28)(H,31,32). The van der Waals surface area contributed by atoms with E-state index in [1.807, 2.05) is 66.9 Å². The van der Waals surface area contributed by atoms with Crippen LogP contribution in [-0.2, 0) is 0 Å². The molecule has 0 saturated heterocycles. The van der Waals surface area contributed by atoms with Crippen LogP contribution in [0.4, 0.5) is 5.69 Å². The number of nitrogens with zero attached hydrogens (tertiary/aromatic N) is 4. The molecule has 0 unspecified atom stereocenters. The van der Waals surface area contributed by atoms with E-state index >= 15 is 0 Å². The van der Waals surface area contributed by atoms with Crippen molar-refractivity contribution in [2.24, 2.45) is 5.10 Å². The van der Waals surface area contributed by atoms with Crippen LogP contribution in [0, 0.1) is 0 Å². The quantitative estimate of drug-likeness (QED) is 0.197. The molecular weight excluding hydrogens is 473 g/mol. The normalized spacial score (nSPS) is 11.1. The van der Waals surface area contributed by atoms with Crippen molar-refractivity contribution >= 4 is 52.7 Å². The Bertz CT molecular complexity index is 1310. The van der Waals surface area contributed by atoms with E-state index < -0.39 is 11.7 Å². The number of pyridine rings is 1. The number of halogens is 3. The average molecular weight is 487 g/mol. The lowest BCUT2D eigenvalue weighted by Gasteiger charge is -2.09. The zero-order valence-electron chi connectivity index (χ0n) is 16.2. The second-order valence-electron chi connectivity index (χ2n) is 6.51. The number of hydrogen-bond acceptors (Lipinski definition) is 5. The number of carboxylic acids is 1. The van der Waals surface area contributed by atoms with Gasteiger partial charge in [0.2, 0.25) is 0 Å². The zero-order chi connectivity index (χ0) is 22.7. The summed E-state index contributed by atoms with van der Waals surface area (Å²) in [5, 5.41) is 17.7. The van der Waals surface area contributed by atoms with E-state index in [-0.39, 0.29) is 20.9 Å². The molecule has 4 aromatic rings. The number of para-hydroxylation sites is 1. The van der Waals surface area contributed by atoms with E-state index in [0.717, 1.165) is 11.3 Å². The summed E-state index contributed by atoms with van der Waals surface area (Å²) in [7, 11) is 0. The fourth-order valence-corrected chi connectivity index (χ4v) is 3.60. The highest BCUT2D eigenvalue weighted by Crippen LogP contribution is 2.37. The topological polar surface area (TPSA) is 92.4 Å². The van der Waals surface area contributed by atoms with E-state index in [2.05, 4.69) is 15.5 Å². The van der Waals surface area contributed by atoms with Crippen LogP contribution in [0.5, 0.6) is 0 Å². The molecule has 0 aliphatic carbocycles. The Kier molecular flexibility index (Phi) is 6.41. The molecule has 0 saturated carbocycles. The summed E-state index contributed by atoms with van der Waals surface area (Å²) in [6.45, 7) is 0. The summed E-state index contributed by atoms with van der Waals surface area (Å²) in [4.78, 5) is 15.0. The number of anilines is 1. The van der Waals surface area contributed by atoms with E-state index in [1.54, 1.807) is 4.68 Å². The van der Waals surface area contributed by atoms with Gasteiger partial charge in [0.05, 0.1) is 17.6 Å². The predicted molar refractivity (Wildman–Crippen MR) is 126 cm³/mol. The molecule has 2 aromatic carbocycles. The molecule has 0 atom stereocenters. The first kappa shape index (κ1) is 21.8. The summed E-state index contributed by atoms with van der Waals surface area (Å²) in [5.74, 6) is -1.34. The predicted octanol–water partition coefficient (Wildman–Crippen LogP) is 6.04. The molecular formula is C22H14Cl3N5O2. The third kappa shape index (κ3) is 4.45. The molecule has 0 aliphatic rings. The van der Waals surface area contributed by atoms with E-state index in [4.69, 9.17) is 39.9 Å². The van der Waals surface area contributed by atoms with Gasteiger partial charge < -0.3 is 5.11 Å². The highest BCUT2D eigenvalue weighted by molar-refractivity contribution is 6.46. The van der Waals surface area contributed by atoms with Crippen molar-refractivity contribution in [3.8, 4) is 16.9 Å². The molecule has 0 radical (unpaired) electrons. The van der Waals surface area contributed by atoms with Crippen LogP contribution in [0.3, 0.4) is 0 Å². The number of rotatable bonds is 6. The number of aromatic nitrogens is 3. The van der Waals surface area contributed by atoms with Crippen LogP contribution in [-0.4, -0.2) is 32.1 Å². The van der Waals surface area contributed by atoms with Gasteiger partial charge in [-0.05, 0) is 12.1 Å². The van der Waals surface area contributed by atoms with Gasteiger partial charge in [-0.2, -0.15) is 10.2 Å². The molecule has 0 bridgehead atoms. The maximum Gasteiger partial charge on any atom is 0.356 e. The Balaban J connectivity index is 1.72. The van der Waals surface area contributed by atoms with Crippen LogP contribution in [0.15, 0.2) is 72.0 Å². The number of carbonyl (C=O) groups is 1. The number of aromatic carboxylic acids is 1. The minimum atomic E-state index is -1.34. The van der Waals surface area contributed by atoms with Gasteiger partial charge in [0, 0.05) is 17.3 Å². The molecule has 7 nitrogen and oxygen atoms in total. The van der Waals surface area contributed by atoms with E-state index in [9.17, 15) is 9.90 Å². The fraction of sp³-hybridized carbons (Fsp3) is 0. The molecule has 0 spiro atoms. The zero-order valence-corrected chi connectivity index (χ0v) is 18.5.